The van der Waals surface area contributed by atoms with E-state index >= 15 is 0 Å². The van der Waals surface area contributed by atoms with Crippen LogP contribution in [-0.2, 0) is 10.0 Å². The van der Waals surface area contributed by atoms with Gasteiger partial charge in [-0.1, -0.05) is 0 Å². The van der Waals surface area contributed by atoms with Gasteiger partial charge in [-0.05, 0) is 48.1 Å². The van der Waals surface area contributed by atoms with Crippen molar-refractivity contribution in [1.82, 2.24) is 10.0 Å². The molecule has 0 saturated carbocycles. The van der Waals surface area contributed by atoms with Crippen molar-refractivity contribution in [3.05, 3.63) is 22.7 Å². The Hall–Kier alpha value is -0.340. The minimum Gasteiger partial charge on any atom is -0.496 e. The fourth-order valence-electron chi connectivity index (χ4n) is 1.23. The molecule has 1 aromatic rings. The number of hydrogen-bond acceptors (Lipinski definition) is 4. The summed E-state index contributed by atoms with van der Waals surface area (Å²) in [7, 11) is -0.179. The third-order valence-corrected chi connectivity index (χ3v) is 4.55. The molecule has 1 aromatic carbocycles. The highest BCUT2D eigenvalue weighted by atomic mass is 79.9. The van der Waals surface area contributed by atoms with Gasteiger partial charge in [0, 0.05) is 12.6 Å². The summed E-state index contributed by atoms with van der Waals surface area (Å²) in [6.07, 6.45) is 0. The summed E-state index contributed by atoms with van der Waals surface area (Å²) in [5.41, 5.74) is 0. The Kier molecular flexibility index (Phi) is 7.92. The van der Waals surface area contributed by atoms with Gasteiger partial charge in [-0.3, -0.25) is 0 Å². The summed E-state index contributed by atoms with van der Waals surface area (Å²) >= 11 is 3.26. The van der Waals surface area contributed by atoms with Gasteiger partial charge in [0.05, 0.1) is 16.5 Å². The third-order valence-electron chi connectivity index (χ3n) is 2.51. The number of halogens is 2. The van der Waals surface area contributed by atoms with E-state index < -0.39 is 10.0 Å². The molecule has 0 bridgehead atoms. The van der Waals surface area contributed by atoms with Crippen LogP contribution in [-0.4, -0.2) is 35.2 Å². The standard InChI is InChI=1S/C11H17BrN2O3S.ClH/c1-8(13-2)7-14-18(15,16)9-4-5-11(17-3)10(12)6-9;/h4-6,8,13-14H,7H2,1-3H3;1H. The van der Waals surface area contributed by atoms with E-state index in [4.69, 9.17) is 4.74 Å². The van der Waals surface area contributed by atoms with Gasteiger partial charge >= 0.3 is 0 Å². The van der Waals surface area contributed by atoms with Gasteiger partial charge in [0.15, 0.2) is 0 Å². The molecule has 0 aromatic heterocycles. The maximum absolute atomic E-state index is 12.0. The van der Waals surface area contributed by atoms with Gasteiger partial charge < -0.3 is 10.1 Å². The Morgan fingerprint density at radius 2 is 2.05 bits per heavy atom. The van der Waals surface area contributed by atoms with Crippen LogP contribution in [0, 0.1) is 0 Å². The van der Waals surface area contributed by atoms with Crippen molar-refractivity contribution in [2.75, 3.05) is 20.7 Å². The molecule has 0 spiro atoms. The van der Waals surface area contributed by atoms with Crippen LogP contribution in [0.25, 0.3) is 0 Å². The summed E-state index contributed by atoms with van der Waals surface area (Å²) in [4.78, 5) is 0.207. The molecule has 0 aliphatic rings. The van der Waals surface area contributed by atoms with Gasteiger partial charge in [-0.2, -0.15) is 0 Å². The summed E-state index contributed by atoms with van der Waals surface area (Å²) in [5, 5.41) is 2.96. The molecule has 0 radical (unpaired) electrons. The lowest BCUT2D eigenvalue weighted by atomic mass is 10.3. The molecule has 0 fully saturated rings. The van der Waals surface area contributed by atoms with Crippen LogP contribution in [0.15, 0.2) is 27.6 Å². The number of ether oxygens (including phenoxy) is 1. The highest BCUT2D eigenvalue weighted by Crippen LogP contribution is 2.27. The van der Waals surface area contributed by atoms with Crippen LogP contribution in [0.2, 0.25) is 0 Å². The zero-order valence-corrected chi connectivity index (χ0v) is 14.2. The second kappa shape index (κ2) is 8.06. The first-order chi connectivity index (χ1) is 8.40. The molecule has 1 unspecified atom stereocenters. The van der Waals surface area contributed by atoms with Crippen molar-refractivity contribution in [3.8, 4) is 5.75 Å². The van der Waals surface area contributed by atoms with Crippen LogP contribution in [0.1, 0.15) is 6.92 Å². The topological polar surface area (TPSA) is 67.4 Å². The Bertz CT molecular complexity index is 511. The minimum atomic E-state index is -3.49. The Balaban J connectivity index is 0.00000324. The molecule has 0 aliphatic carbocycles. The number of benzene rings is 1. The molecule has 0 heterocycles. The van der Waals surface area contributed by atoms with Crippen molar-refractivity contribution in [1.29, 1.82) is 0 Å². The van der Waals surface area contributed by atoms with E-state index in [0.29, 0.717) is 16.8 Å². The van der Waals surface area contributed by atoms with Crippen LogP contribution >= 0.6 is 28.3 Å². The van der Waals surface area contributed by atoms with Crippen LogP contribution in [0.3, 0.4) is 0 Å². The smallest absolute Gasteiger partial charge is 0.240 e. The molecule has 5 nitrogen and oxygen atoms in total. The van der Waals surface area contributed by atoms with Crippen molar-refractivity contribution in [2.45, 2.75) is 17.9 Å². The Morgan fingerprint density at radius 3 is 2.53 bits per heavy atom. The first-order valence-electron chi connectivity index (χ1n) is 5.41. The molecule has 19 heavy (non-hydrogen) atoms. The van der Waals surface area contributed by atoms with Gasteiger partial charge in [-0.15, -0.1) is 12.4 Å². The van der Waals surface area contributed by atoms with E-state index in [1.165, 1.54) is 19.2 Å². The van der Waals surface area contributed by atoms with Crippen molar-refractivity contribution >= 4 is 38.4 Å². The highest BCUT2D eigenvalue weighted by Gasteiger charge is 2.16. The maximum Gasteiger partial charge on any atom is 0.240 e. The van der Waals surface area contributed by atoms with Crippen LogP contribution in [0.5, 0.6) is 5.75 Å². The predicted octanol–water partition coefficient (Wildman–Crippen LogP) is 1.77. The zero-order valence-electron chi connectivity index (χ0n) is 10.9. The van der Waals surface area contributed by atoms with E-state index in [-0.39, 0.29) is 23.3 Å². The van der Waals surface area contributed by atoms with E-state index in [0.717, 1.165) is 0 Å². The third kappa shape index (κ3) is 5.27. The summed E-state index contributed by atoms with van der Waals surface area (Å²) in [6.45, 7) is 2.23. The molecule has 2 N–H and O–H groups in total. The minimum absolute atomic E-state index is 0. The molecule has 1 atom stereocenters. The molecular formula is C11H18BrClN2O3S. The predicted molar refractivity (Wildman–Crippen MR) is 81.7 cm³/mol. The number of hydrogen-bond donors (Lipinski definition) is 2. The fourth-order valence-corrected chi connectivity index (χ4v) is 3.08. The molecule has 0 amide bonds. The lowest BCUT2D eigenvalue weighted by molar-refractivity contribution is 0.411. The molecular weight excluding hydrogens is 356 g/mol. The largest absolute Gasteiger partial charge is 0.496 e. The monoisotopic (exact) mass is 372 g/mol. The highest BCUT2D eigenvalue weighted by molar-refractivity contribution is 9.10. The Morgan fingerprint density at radius 1 is 1.42 bits per heavy atom. The lowest BCUT2D eigenvalue weighted by Gasteiger charge is -2.12. The van der Waals surface area contributed by atoms with Gasteiger partial charge in [0.25, 0.3) is 0 Å². The van der Waals surface area contributed by atoms with Crippen LogP contribution in [0.4, 0.5) is 0 Å². The van der Waals surface area contributed by atoms with E-state index in [1.54, 1.807) is 13.1 Å². The molecule has 0 aliphatic heterocycles. The number of methoxy groups -OCH3 is 1. The van der Waals surface area contributed by atoms with Gasteiger partial charge in [0.2, 0.25) is 10.0 Å². The van der Waals surface area contributed by atoms with Crippen molar-refractivity contribution < 1.29 is 13.2 Å². The summed E-state index contributed by atoms with van der Waals surface area (Å²) < 4.78 is 32.2. The number of rotatable bonds is 6. The number of likely N-dealkylation sites (N-methyl/N-ethyl adjacent to an activating group) is 1. The van der Waals surface area contributed by atoms with Crippen molar-refractivity contribution in [3.63, 3.8) is 0 Å². The van der Waals surface area contributed by atoms with Gasteiger partial charge in [-0.25, -0.2) is 13.1 Å². The van der Waals surface area contributed by atoms with Crippen LogP contribution < -0.4 is 14.8 Å². The van der Waals surface area contributed by atoms with E-state index in [1.807, 2.05) is 6.92 Å². The van der Waals surface area contributed by atoms with Crippen molar-refractivity contribution in [2.24, 2.45) is 0 Å². The normalized spacial score (nSPS) is 12.6. The first kappa shape index (κ1) is 18.7. The molecule has 0 saturated heterocycles. The molecule has 1 rings (SSSR count). The number of nitrogens with one attached hydrogen (secondary N) is 2. The molecule has 8 heteroatoms. The number of sulfonamides is 1. The lowest BCUT2D eigenvalue weighted by Crippen LogP contribution is -2.37. The average molecular weight is 374 g/mol. The van der Waals surface area contributed by atoms with Gasteiger partial charge in [0.1, 0.15) is 5.75 Å². The van der Waals surface area contributed by atoms with E-state index in [9.17, 15) is 8.42 Å². The first-order valence-corrected chi connectivity index (χ1v) is 7.68. The average Bonchev–Trinajstić information content (AvgIpc) is 2.35. The quantitative estimate of drug-likeness (QED) is 0.797. The molecule has 110 valence electrons. The maximum atomic E-state index is 12.0. The second-order valence-electron chi connectivity index (χ2n) is 3.84. The summed E-state index contributed by atoms with van der Waals surface area (Å²) in [5.74, 6) is 0.595. The summed E-state index contributed by atoms with van der Waals surface area (Å²) in [6, 6.07) is 4.71. The zero-order chi connectivity index (χ0) is 13.8. The second-order valence-corrected chi connectivity index (χ2v) is 6.46. The SMILES string of the molecule is CNC(C)CNS(=O)(=O)c1ccc(OC)c(Br)c1.Cl. The van der Waals surface area contributed by atoms with E-state index in [2.05, 4.69) is 26.0 Å². The Labute approximate surface area is 128 Å². The fraction of sp³-hybridized carbons (Fsp3) is 0.455.